The van der Waals surface area contributed by atoms with Crippen molar-refractivity contribution in [2.45, 2.75) is 13.8 Å². The SMILES string of the molecule is Cc1cc(C)cc(-c2ccn(S(=O)(=O)Oc3ccccc3)n2)c1. The number of rotatable bonds is 4. The summed E-state index contributed by atoms with van der Waals surface area (Å²) in [5.41, 5.74) is 3.64. The number of hydrogen-bond acceptors (Lipinski definition) is 4. The molecule has 0 saturated carbocycles. The fourth-order valence-corrected chi connectivity index (χ4v) is 3.17. The molecule has 0 amide bonds. The van der Waals surface area contributed by atoms with Gasteiger partial charge in [-0.3, -0.25) is 0 Å². The first kappa shape index (κ1) is 15.3. The van der Waals surface area contributed by atoms with Crippen LogP contribution in [0.3, 0.4) is 0 Å². The lowest BCUT2D eigenvalue weighted by atomic mass is 10.1. The smallest absolute Gasteiger partial charge is 0.366 e. The lowest BCUT2D eigenvalue weighted by Gasteiger charge is -2.06. The lowest BCUT2D eigenvalue weighted by Crippen LogP contribution is -2.19. The predicted molar refractivity (Wildman–Crippen MR) is 88.5 cm³/mol. The molecule has 3 aromatic rings. The van der Waals surface area contributed by atoms with E-state index in [2.05, 4.69) is 11.2 Å². The normalized spacial score (nSPS) is 11.4. The highest BCUT2D eigenvalue weighted by atomic mass is 32.2. The molecule has 118 valence electrons. The molecule has 0 aliphatic rings. The minimum absolute atomic E-state index is 0.246. The van der Waals surface area contributed by atoms with Crippen LogP contribution in [0.5, 0.6) is 5.75 Å². The monoisotopic (exact) mass is 328 g/mol. The Bertz CT molecular complexity index is 911. The van der Waals surface area contributed by atoms with Crippen molar-refractivity contribution in [3.05, 3.63) is 71.9 Å². The minimum Gasteiger partial charge on any atom is -0.366 e. The fraction of sp³-hybridized carbons (Fsp3) is 0.118. The van der Waals surface area contributed by atoms with Gasteiger partial charge in [-0.15, -0.1) is 4.09 Å². The highest BCUT2D eigenvalue weighted by Crippen LogP contribution is 2.21. The molecule has 0 saturated heterocycles. The first-order chi connectivity index (χ1) is 10.9. The van der Waals surface area contributed by atoms with Crippen LogP contribution in [0.25, 0.3) is 11.3 Å². The standard InChI is InChI=1S/C17H16N2O3S/c1-13-10-14(2)12-15(11-13)17-8-9-19(18-17)23(20,21)22-16-6-4-3-5-7-16/h3-12H,1-2H3. The summed E-state index contributed by atoms with van der Waals surface area (Å²) in [6.45, 7) is 3.98. The van der Waals surface area contributed by atoms with Crippen LogP contribution in [0.1, 0.15) is 11.1 Å². The van der Waals surface area contributed by atoms with Crippen LogP contribution in [0, 0.1) is 13.8 Å². The average Bonchev–Trinajstić information content (AvgIpc) is 2.97. The van der Waals surface area contributed by atoms with E-state index < -0.39 is 10.3 Å². The van der Waals surface area contributed by atoms with Crippen molar-refractivity contribution in [1.29, 1.82) is 0 Å². The first-order valence-electron chi connectivity index (χ1n) is 7.08. The molecule has 0 bridgehead atoms. The largest absolute Gasteiger partial charge is 0.429 e. The summed E-state index contributed by atoms with van der Waals surface area (Å²) < 4.78 is 30.4. The van der Waals surface area contributed by atoms with Crippen molar-refractivity contribution in [1.82, 2.24) is 9.19 Å². The molecule has 5 nitrogen and oxygen atoms in total. The molecule has 0 radical (unpaired) electrons. The number of benzene rings is 2. The highest BCUT2D eigenvalue weighted by molar-refractivity contribution is 7.85. The molecule has 3 rings (SSSR count). The Balaban J connectivity index is 1.92. The maximum Gasteiger partial charge on any atom is 0.429 e. The molecular formula is C17H16N2O3S. The fourth-order valence-electron chi connectivity index (χ4n) is 2.34. The van der Waals surface area contributed by atoms with E-state index in [-0.39, 0.29) is 5.75 Å². The van der Waals surface area contributed by atoms with Crippen molar-refractivity contribution in [2.24, 2.45) is 0 Å². The van der Waals surface area contributed by atoms with Gasteiger partial charge in [-0.1, -0.05) is 35.4 Å². The van der Waals surface area contributed by atoms with Crippen molar-refractivity contribution in [3.63, 3.8) is 0 Å². The van der Waals surface area contributed by atoms with Crippen molar-refractivity contribution >= 4 is 10.3 Å². The van der Waals surface area contributed by atoms with E-state index in [9.17, 15) is 8.42 Å². The number of aryl methyl sites for hydroxylation is 2. The third-order valence-corrected chi connectivity index (χ3v) is 4.32. The maximum absolute atomic E-state index is 12.3. The molecule has 0 spiro atoms. The molecule has 0 N–H and O–H groups in total. The third-order valence-electron chi connectivity index (χ3n) is 3.26. The Morgan fingerprint density at radius 2 is 1.61 bits per heavy atom. The highest BCUT2D eigenvalue weighted by Gasteiger charge is 2.17. The summed E-state index contributed by atoms with van der Waals surface area (Å²) in [6.07, 6.45) is 1.38. The maximum atomic E-state index is 12.3. The van der Waals surface area contributed by atoms with Crippen LogP contribution in [0.4, 0.5) is 0 Å². The zero-order valence-corrected chi connectivity index (χ0v) is 13.6. The van der Waals surface area contributed by atoms with Crippen LogP contribution >= 0.6 is 0 Å². The molecule has 2 aromatic carbocycles. The quantitative estimate of drug-likeness (QED) is 0.737. The molecule has 0 aliphatic carbocycles. The van der Waals surface area contributed by atoms with E-state index in [1.54, 1.807) is 36.4 Å². The van der Waals surface area contributed by atoms with Crippen molar-refractivity contribution in [2.75, 3.05) is 0 Å². The van der Waals surface area contributed by atoms with Crippen LogP contribution in [0.2, 0.25) is 0 Å². The van der Waals surface area contributed by atoms with Gasteiger partial charge >= 0.3 is 10.3 Å². The lowest BCUT2D eigenvalue weighted by molar-refractivity contribution is 0.469. The Kier molecular flexibility index (Phi) is 3.92. The zero-order valence-electron chi connectivity index (χ0n) is 12.8. The van der Waals surface area contributed by atoms with Gasteiger partial charge < -0.3 is 4.18 Å². The van der Waals surface area contributed by atoms with E-state index >= 15 is 0 Å². The molecule has 0 atom stereocenters. The Morgan fingerprint density at radius 1 is 0.957 bits per heavy atom. The van der Waals surface area contributed by atoms with Crippen LogP contribution in [-0.4, -0.2) is 17.6 Å². The molecule has 6 heteroatoms. The minimum atomic E-state index is -4.02. The predicted octanol–water partition coefficient (Wildman–Crippen LogP) is 3.34. The van der Waals surface area contributed by atoms with E-state index in [1.807, 2.05) is 26.0 Å². The van der Waals surface area contributed by atoms with Crippen LogP contribution in [0.15, 0.2) is 60.8 Å². The molecule has 23 heavy (non-hydrogen) atoms. The van der Waals surface area contributed by atoms with E-state index in [1.165, 1.54) is 6.20 Å². The molecule has 0 fully saturated rings. The summed E-state index contributed by atoms with van der Waals surface area (Å²) in [5, 5.41) is 4.13. The summed E-state index contributed by atoms with van der Waals surface area (Å²) in [6, 6.07) is 16.0. The van der Waals surface area contributed by atoms with Gasteiger partial charge in [0.15, 0.2) is 0 Å². The summed E-state index contributed by atoms with van der Waals surface area (Å²) in [7, 11) is -4.02. The number of para-hydroxylation sites is 1. The topological polar surface area (TPSA) is 61.2 Å². The Hall–Kier alpha value is -2.60. The van der Waals surface area contributed by atoms with Crippen LogP contribution in [-0.2, 0) is 10.3 Å². The van der Waals surface area contributed by atoms with E-state index in [0.29, 0.717) is 5.69 Å². The van der Waals surface area contributed by atoms with E-state index in [0.717, 1.165) is 20.8 Å². The van der Waals surface area contributed by atoms with Crippen molar-refractivity contribution < 1.29 is 12.6 Å². The van der Waals surface area contributed by atoms with Crippen molar-refractivity contribution in [3.8, 4) is 17.0 Å². The number of hydrogen-bond donors (Lipinski definition) is 0. The number of aromatic nitrogens is 2. The van der Waals surface area contributed by atoms with Gasteiger partial charge in [-0.2, -0.15) is 13.5 Å². The molecule has 1 heterocycles. The molecule has 0 aliphatic heterocycles. The van der Waals surface area contributed by atoms with Gasteiger partial charge in [0.05, 0.1) is 5.69 Å². The number of nitrogens with zero attached hydrogens (tertiary/aromatic N) is 2. The van der Waals surface area contributed by atoms with Gasteiger partial charge in [0, 0.05) is 11.8 Å². The van der Waals surface area contributed by atoms with Crippen LogP contribution < -0.4 is 4.18 Å². The van der Waals surface area contributed by atoms with Gasteiger partial charge in [-0.25, -0.2) is 0 Å². The second kappa shape index (κ2) is 5.89. The van der Waals surface area contributed by atoms with Gasteiger partial charge in [0.2, 0.25) is 0 Å². The molecular weight excluding hydrogens is 312 g/mol. The molecule has 0 unspecified atom stereocenters. The Morgan fingerprint density at radius 3 is 2.26 bits per heavy atom. The molecule has 1 aromatic heterocycles. The van der Waals surface area contributed by atoms with E-state index in [4.69, 9.17) is 4.18 Å². The zero-order chi connectivity index (χ0) is 16.4. The average molecular weight is 328 g/mol. The van der Waals surface area contributed by atoms with Gasteiger partial charge in [0.1, 0.15) is 5.75 Å². The first-order valence-corrected chi connectivity index (χ1v) is 8.45. The second-order valence-corrected chi connectivity index (χ2v) is 6.70. The van der Waals surface area contributed by atoms with Gasteiger partial charge in [0.25, 0.3) is 0 Å². The second-order valence-electron chi connectivity index (χ2n) is 5.30. The summed E-state index contributed by atoms with van der Waals surface area (Å²) >= 11 is 0. The summed E-state index contributed by atoms with van der Waals surface area (Å²) in [4.78, 5) is 0. The Labute approximate surface area is 135 Å². The summed E-state index contributed by atoms with van der Waals surface area (Å²) in [5.74, 6) is 0.246. The third kappa shape index (κ3) is 3.43. The van der Waals surface area contributed by atoms with Gasteiger partial charge in [-0.05, 0) is 44.2 Å².